The number of ether oxygens (including phenoxy) is 3. The molecule has 0 aliphatic heterocycles. The number of non-ortho nitro benzene ring substituents is 1. The molecule has 0 spiro atoms. The molecule has 11 heteroatoms. The number of amides is 1. The van der Waals surface area contributed by atoms with Gasteiger partial charge in [0.05, 0.1) is 35.4 Å². The van der Waals surface area contributed by atoms with Crippen molar-refractivity contribution >= 4 is 33.7 Å². The number of hydrazone groups is 1. The minimum absolute atomic E-state index is 0.000412. The zero-order chi connectivity index (χ0) is 24.7. The summed E-state index contributed by atoms with van der Waals surface area (Å²) in [6.45, 7) is 0.168. The van der Waals surface area contributed by atoms with Gasteiger partial charge in [-0.1, -0.05) is 0 Å². The zero-order valence-electron chi connectivity index (χ0n) is 18.1. The molecule has 10 nitrogen and oxygen atoms in total. The van der Waals surface area contributed by atoms with Crippen LogP contribution < -0.4 is 19.6 Å². The highest BCUT2D eigenvalue weighted by molar-refractivity contribution is 9.10. The van der Waals surface area contributed by atoms with E-state index in [1.807, 2.05) is 0 Å². The van der Waals surface area contributed by atoms with Crippen molar-refractivity contribution in [1.82, 2.24) is 5.43 Å². The number of carbonyl (C=O) groups is 1. The first-order chi connectivity index (χ1) is 16.3. The maximum atomic E-state index is 12.3. The van der Waals surface area contributed by atoms with E-state index in [-0.39, 0.29) is 23.6 Å². The summed E-state index contributed by atoms with van der Waals surface area (Å²) < 4.78 is 16.8. The number of nitrogens with one attached hydrogen (secondary N) is 1. The fourth-order valence-electron chi connectivity index (χ4n) is 2.88. The van der Waals surface area contributed by atoms with E-state index in [1.54, 1.807) is 30.3 Å². The Morgan fingerprint density at radius 3 is 2.50 bits per heavy atom. The molecule has 0 saturated heterocycles. The van der Waals surface area contributed by atoms with Crippen molar-refractivity contribution < 1.29 is 29.0 Å². The first-order valence-corrected chi connectivity index (χ1v) is 10.6. The number of nitro benzene ring substituents is 1. The van der Waals surface area contributed by atoms with E-state index in [0.29, 0.717) is 27.3 Å². The van der Waals surface area contributed by atoms with Crippen molar-refractivity contribution in [1.29, 1.82) is 0 Å². The predicted octanol–water partition coefficient (Wildman–Crippen LogP) is 4.42. The van der Waals surface area contributed by atoms with Gasteiger partial charge in [0.25, 0.3) is 11.6 Å². The third-order valence-corrected chi connectivity index (χ3v) is 5.20. The number of nitrogens with zero attached hydrogens (tertiary/aromatic N) is 2. The summed E-state index contributed by atoms with van der Waals surface area (Å²) in [5.41, 5.74) is 3.75. The monoisotopic (exact) mass is 529 g/mol. The number of hydrogen-bond donors (Lipinski definition) is 2. The van der Waals surface area contributed by atoms with Crippen molar-refractivity contribution in [3.05, 3.63) is 85.9 Å². The van der Waals surface area contributed by atoms with Crippen LogP contribution in [0.2, 0.25) is 0 Å². The Morgan fingerprint density at radius 2 is 1.88 bits per heavy atom. The standard InChI is InChI=1S/C23H20BrN3O7/c1-32-17-7-8-18(20(28)11-17)23(29)26-25-12-15-9-19(24)22(21(10-15)33-2)34-13-14-3-5-16(6-4-14)27(30)31/h3-12,28H,13H2,1-2H3,(H,26,29)/b25-12-. The van der Waals surface area contributed by atoms with Crippen molar-refractivity contribution in [2.75, 3.05) is 14.2 Å². The third kappa shape index (κ3) is 6.01. The third-order valence-electron chi connectivity index (χ3n) is 4.61. The van der Waals surface area contributed by atoms with Crippen molar-refractivity contribution in [2.45, 2.75) is 6.61 Å². The van der Waals surface area contributed by atoms with E-state index in [2.05, 4.69) is 26.5 Å². The number of benzene rings is 3. The molecule has 3 rings (SSSR count). The lowest BCUT2D eigenvalue weighted by Crippen LogP contribution is -2.17. The van der Waals surface area contributed by atoms with Crippen molar-refractivity contribution in [2.24, 2.45) is 5.10 Å². The van der Waals surface area contributed by atoms with E-state index in [0.717, 1.165) is 5.56 Å². The van der Waals surface area contributed by atoms with Gasteiger partial charge in [0.2, 0.25) is 0 Å². The second-order valence-electron chi connectivity index (χ2n) is 6.83. The zero-order valence-corrected chi connectivity index (χ0v) is 19.7. The molecular weight excluding hydrogens is 510 g/mol. The van der Waals surface area contributed by atoms with Crippen LogP contribution in [0.5, 0.6) is 23.0 Å². The molecule has 0 saturated carbocycles. The molecule has 34 heavy (non-hydrogen) atoms. The predicted molar refractivity (Wildman–Crippen MR) is 128 cm³/mol. The fraction of sp³-hybridized carbons (Fsp3) is 0.130. The highest BCUT2D eigenvalue weighted by Crippen LogP contribution is 2.37. The maximum Gasteiger partial charge on any atom is 0.275 e. The summed E-state index contributed by atoms with van der Waals surface area (Å²) in [6.07, 6.45) is 1.41. The van der Waals surface area contributed by atoms with Gasteiger partial charge in [-0.05, 0) is 63.5 Å². The Hall–Kier alpha value is -4.12. The van der Waals surface area contributed by atoms with Crippen molar-refractivity contribution in [3.8, 4) is 23.0 Å². The number of rotatable bonds is 9. The minimum Gasteiger partial charge on any atom is -0.507 e. The van der Waals surface area contributed by atoms with Crippen LogP contribution in [0.15, 0.2) is 64.2 Å². The SMILES string of the molecule is COc1ccc(C(=O)N/N=C\c2cc(Br)c(OCc3ccc([N+](=O)[O-])cc3)c(OC)c2)c(O)c1. The summed E-state index contributed by atoms with van der Waals surface area (Å²) in [4.78, 5) is 22.6. The van der Waals surface area contributed by atoms with Gasteiger partial charge in [0.15, 0.2) is 11.5 Å². The maximum absolute atomic E-state index is 12.3. The van der Waals surface area contributed by atoms with E-state index >= 15 is 0 Å². The Morgan fingerprint density at radius 1 is 1.15 bits per heavy atom. The van der Waals surface area contributed by atoms with Crippen LogP contribution in [-0.4, -0.2) is 36.4 Å². The van der Waals surface area contributed by atoms with Gasteiger partial charge in [-0.3, -0.25) is 14.9 Å². The number of methoxy groups -OCH3 is 2. The first-order valence-electron chi connectivity index (χ1n) is 9.76. The van der Waals surface area contributed by atoms with Crippen LogP contribution in [0.25, 0.3) is 0 Å². The van der Waals surface area contributed by atoms with Crippen LogP contribution in [-0.2, 0) is 6.61 Å². The number of phenolic OH excluding ortho intramolecular Hbond substituents is 1. The quantitative estimate of drug-likeness (QED) is 0.238. The van der Waals surface area contributed by atoms with Crippen LogP contribution in [0.1, 0.15) is 21.5 Å². The van der Waals surface area contributed by atoms with Crippen LogP contribution >= 0.6 is 15.9 Å². The van der Waals surface area contributed by atoms with Gasteiger partial charge < -0.3 is 19.3 Å². The van der Waals surface area contributed by atoms with Crippen LogP contribution in [0, 0.1) is 10.1 Å². The number of halogens is 1. The Kier molecular flexibility index (Phi) is 8.04. The molecule has 0 aliphatic rings. The second kappa shape index (κ2) is 11.1. The first kappa shape index (κ1) is 24.5. The summed E-state index contributed by atoms with van der Waals surface area (Å²) in [5.74, 6) is 0.448. The Labute approximate surface area is 203 Å². The van der Waals surface area contributed by atoms with Gasteiger partial charge in [-0.2, -0.15) is 5.10 Å². The van der Waals surface area contributed by atoms with Gasteiger partial charge in [0, 0.05) is 18.2 Å². The molecule has 3 aromatic carbocycles. The molecule has 0 unspecified atom stereocenters. The summed E-state index contributed by atoms with van der Waals surface area (Å²) in [5, 5.41) is 24.7. The molecular formula is C23H20BrN3O7. The second-order valence-corrected chi connectivity index (χ2v) is 7.68. The molecule has 1 amide bonds. The van der Waals surface area contributed by atoms with E-state index in [1.165, 1.54) is 44.7 Å². The minimum atomic E-state index is -0.592. The smallest absolute Gasteiger partial charge is 0.275 e. The molecule has 3 aromatic rings. The fourth-order valence-corrected chi connectivity index (χ4v) is 3.45. The molecule has 0 bridgehead atoms. The molecule has 0 atom stereocenters. The lowest BCUT2D eigenvalue weighted by molar-refractivity contribution is -0.384. The summed E-state index contributed by atoms with van der Waals surface area (Å²) >= 11 is 3.44. The largest absolute Gasteiger partial charge is 0.507 e. The van der Waals surface area contributed by atoms with Crippen molar-refractivity contribution in [3.63, 3.8) is 0 Å². The van der Waals surface area contributed by atoms with Gasteiger partial charge in [0.1, 0.15) is 18.1 Å². The van der Waals surface area contributed by atoms with Crippen LogP contribution in [0.4, 0.5) is 5.69 Å². The van der Waals surface area contributed by atoms with Gasteiger partial charge in [-0.15, -0.1) is 0 Å². The number of nitro groups is 1. The number of carbonyl (C=O) groups excluding carboxylic acids is 1. The van der Waals surface area contributed by atoms with Gasteiger partial charge in [-0.25, -0.2) is 5.43 Å². The summed E-state index contributed by atoms with van der Waals surface area (Å²) in [6, 6.07) is 13.7. The average molecular weight is 530 g/mol. The highest BCUT2D eigenvalue weighted by Gasteiger charge is 2.13. The Bertz CT molecular complexity index is 1230. The molecule has 0 aromatic heterocycles. The molecule has 0 heterocycles. The lowest BCUT2D eigenvalue weighted by Gasteiger charge is -2.13. The normalized spacial score (nSPS) is 10.7. The van der Waals surface area contributed by atoms with Crippen LogP contribution in [0.3, 0.4) is 0 Å². The lowest BCUT2D eigenvalue weighted by atomic mass is 10.2. The molecule has 2 N–H and O–H groups in total. The van der Waals surface area contributed by atoms with E-state index in [4.69, 9.17) is 14.2 Å². The number of phenols is 1. The van der Waals surface area contributed by atoms with E-state index < -0.39 is 10.8 Å². The molecule has 0 aliphatic carbocycles. The molecule has 176 valence electrons. The number of aromatic hydroxyl groups is 1. The highest BCUT2D eigenvalue weighted by atomic mass is 79.9. The average Bonchev–Trinajstić information content (AvgIpc) is 2.83. The number of hydrogen-bond acceptors (Lipinski definition) is 8. The molecule has 0 fully saturated rings. The Balaban J connectivity index is 1.68. The topological polar surface area (TPSA) is 133 Å². The van der Waals surface area contributed by atoms with E-state index in [9.17, 15) is 20.0 Å². The van der Waals surface area contributed by atoms with Gasteiger partial charge >= 0.3 is 0 Å². The summed E-state index contributed by atoms with van der Waals surface area (Å²) in [7, 11) is 2.94. The molecule has 0 radical (unpaired) electrons.